The fraction of sp³-hybridized carbons (Fsp3) is 0.471. The molecule has 4 heteroatoms. The zero-order valence-corrected chi connectivity index (χ0v) is 13.8. The molecule has 0 aliphatic rings. The number of rotatable bonds is 8. The Morgan fingerprint density at radius 3 is 2.57 bits per heavy atom. The molecular formula is C17H24N2OS. The number of nitrogens with zero attached hydrogens (tertiary/aromatic N) is 1. The lowest BCUT2D eigenvalue weighted by Gasteiger charge is -2.21. The van der Waals surface area contributed by atoms with Gasteiger partial charge in [-0.1, -0.05) is 26.0 Å². The van der Waals surface area contributed by atoms with E-state index in [2.05, 4.69) is 43.2 Å². The average Bonchev–Trinajstić information content (AvgIpc) is 3.05. The average molecular weight is 304 g/mol. The molecule has 1 aromatic heterocycles. The summed E-state index contributed by atoms with van der Waals surface area (Å²) in [5.41, 5.74) is 1.27. The van der Waals surface area contributed by atoms with Crippen molar-refractivity contribution in [3.8, 4) is 5.75 Å². The summed E-state index contributed by atoms with van der Waals surface area (Å²) in [4.78, 5) is 4.42. The highest BCUT2D eigenvalue weighted by Gasteiger charge is 2.15. The topological polar surface area (TPSA) is 34.1 Å². The van der Waals surface area contributed by atoms with Crippen LogP contribution < -0.4 is 10.1 Å². The minimum Gasteiger partial charge on any atom is -0.494 e. The highest BCUT2D eigenvalue weighted by Crippen LogP contribution is 2.24. The summed E-state index contributed by atoms with van der Waals surface area (Å²) in [6, 6.07) is 8.98. The van der Waals surface area contributed by atoms with Gasteiger partial charge in [0.15, 0.2) is 0 Å². The number of benzene rings is 1. The Bertz CT molecular complexity index is 510. The van der Waals surface area contributed by atoms with Crippen LogP contribution in [0, 0.1) is 0 Å². The van der Waals surface area contributed by atoms with Gasteiger partial charge in [-0.15, -0.1) is 11.3 Å². The van der Waals surface area contributed by atoms with E-state index in [1.165, 1.54) is 5.56 Å². The Labute approximate surface area is 131 Å². The van der Waals surface area contributed by atoms with Crippen molar-refractivity contribution in [3.63, 3.8) is 0 Å². The predicted octanol–water partition coefficient (Wildman–Crippen LogP) is 4.73. The zero-order valence-electron chi connectivity index (χ0n) is 13.0. The molecule has 3 nitrogen and oxygen atoms in total. The van der Waals surface area contributed by atoms with Crippen molar-refractivity contribution in [1.82, 2.24) is 10.3 Å². The van der Waals surface area contributed by atoms with Crippen molar-refractivity contribution >= 4 is 11.3 Å². The molecule has 2 aromatic rings. The van der Waals surface area contributed by atoms with Crippen LogP contribution in [-0.2, 0) is 0 Å². The molecule has 0 saturated heterocycles. The summed E-state index contributed by atoms with van der Waals surface area (Å²) in [5.74, 6) is 0.944. The summed E-state index contributed by atoms with van der Waals surface area (Å²) in [5, 5.41) is 6.85. The molecule has 0 spiro atoms. The molecule has 1 heterocycles. The molecular weight excluding hydrogens is 280 g/mol. The fourth-order valence-corrected chi connectivity index (χ4v) is 3.02. The van der Waals surface area contributed by atoms with Crippen LogP contribution in [0.25, 0.3) is 0 Å². The van der Waals surface area contributed by atoms with Gasteiger partial charge in [0.25, 0.3) is 0 Å². The first-order valence-corrected chi connectivity index (χ1v) is 8.50. The molecule has 1 aromatic carbocycles. The van der Waals surface area contributed by atoms with E-state index in [-0.39, 0.29) is 0 Å². The highest BCUT2D eigenvalue weighted by atomic mass is 32.1. The Balaban J connectivity index is 1.97. The molecule has 0 aliphatic heterocycles. The van der Waals surface area contributed by atoms with Crippen molar-refractivity contribution in [2.45, 2.75) is 45.7 Å². The first kappa shape index (κ1) is 16.0. The van der Waals surface area contributed by atoms with Crippen LogP contribution in [0.3, 0.4) is 0 Å². The molecule has 2 atom stereocenters. The van der Waals surface area contributed by atoms with E-state index >= 15 is 0 Å². The maximum absolute atomic E-state index is 5.62. The minimum atomic E-state index is 0.291. The number of ether oxygens (including phenoxy) is 1. The maximum Gasteiger partial charge on any atom is 0.119 e. The Morgan fingerprint density at radius 1 is 1.24 bits per heavy atom. The van der Waals surface area contributed by atoms with Gasteiger partial charge in [0.1, 0.15) is 10.8 Å². The van der Waals surface area contributed by atoms with Crippen molar-refractivity contribution in [2.24, 2.45) is 0 Å². The number of thiazole rings is 1. The molecule has 114 valence electrons. The van der Waals surface area contributed by atoms with Crippen LogP contribution in [-0.4, -0.2) is 11.6 Å². The van der Waals surface area contributed by atoms with Crippen molar-refractivity contribution in [1.29, 1.82) is 0 Å². The fourth-order valence-electron chi connectivity index (χ4n) is 2.24. The van der Waals surface area contributed by atoms with Gasteiger partial charge in [-0.2, -0.15) is 0 Å². The van der Waals surface area contributed by atoms with E-state index in [9.17, 15) is 0 Å². The van der Waals surface area contributed by atoms with Crippen LogP contribution in [0.15, 0.2) is 35.8 Å². The standard InChI is InChI=1S/C17H24N2OS/c1-4-11-20-15-8-6-14(7-9-15)13(3)19-16(5-2)17-18-10-12-21-17/h6-10,12-13,16,19H,4-5,11H2,1-3H3. The van der Waals surface area contributed by atoms with Gasteiger partial charge >= 0.3 is 0 Å². The Morgan fingerprint density at radius 2 is 2.00 bits per heavy atom. The van der Waals surface area contributed by atoms with Crippen molar-refractivity contribution in [2.75, 3.05) is 6.61 Å². The second-order valence-electron chi connectivity index (χ2n) is 5.14. The molecule has 2 rings (SSSR count). The first-order chi connectivity index (χ1) is 10.2. The van der Waals surface area contributed by atoms with E-state index in [0.29, 0.717) is 12.1 Å². The van der Waals surface area contributed by atoms with Gasteiger partial charge in [-0.05, 0) is 37.5 Å². The Kier molecular flexibility index (Phi) is 6.21. The van der Waals surface area contributed by atoms with E-state index in [1.54, 1.807) is 11.3 Å². The molecule has 0 bridgehead atoms. The quantitative estimate of drug-likeness (QED) is 0.765. The number of aromatic nitrogens is 1. The lowest BCUT2D eigenvalue weighted by molar-refractivity contribution is 0.317. The second-order valence-corrected chi connectivity index (χ2v) is 6.06. The van der Waals surface area contributed by atoms with Crippen LogP contribution in [0.2, 0.25) is 0 Å². The predicted molar refractivity (Wildman–Crippen MR) is 88.9 cm³/mol. The molecule has 0 amide bonds. The SMILES string of the molecule is CCCOc1ccc(C(C)NC(CC)c2nccs2)cc1. The monoisotopic (exact) mass is 304 g/mol. The molecule has 2 unspecified atom stereocenters. The Hall–Kier alpha value is -1.39. The van der Waals surface area contributed by atoms with E-state index < -0.39 is 0 Å². The number of hydrogen-bond acceptors (Lipinski definition) is 4. The van der Waals surface area contributed by atoms with Gasteiger partial charge in [0, 0.05) is 17.6 Å². The lowest BCUT2D eigenvalue weighted by atomic mass is 10.1. The normalized spacial score (nSPS) is 13.9. The van der Waals surface area contributed by atoms with Gasteiger partial charge < -0.3 is 10.1 Å². The second kappa shape index (κ2) is 8.15. The smallest absolute Gasteiger partial charge is 0.119 e. The molecule has 21 heavy (non-hydrogen) atoms. The molecule has 0 fully saturated rings. The molecule has 0 saturated carbocycles. The van der Waals surface area contributed by atoms with Gasteiger partial charge in [-0.3, -0.25) is 0 Å². The highest BCUT2D eigenvalue weighted by molar-refractivity contribution is 7.09. The number of hydrogen-bond donors (Lipinski definition) is 1. The van der Waals surface area contributed by atoms with Gasteiger partial charge in [0.05, 0.1) is 12.6 Å². The summed E-state index contributed by atoms with van der Waals surface area (Å²) < 4.78 is 5.62. The lowest BCUT2D eigenvalue weighted by Crippen LogP contribution is -2.24. The third-order valence-corrected chi connectivity index (χ3v) is 4.35. The largest absolute Gasteiger partial charge is 0.494 e. The zero-order chi connectivity index (χ0) is 15.1. The van der Waals surface area contributed by atoms with E-state index in [1.807, 2.05) is 23.7 Å². The minimum absolute atomic E-state index is 0.291. The third-order valence-electron chi connectivity index (χ3n) is 3.46. The van der Waals surface area contributed by atoms with Crippen molar-refractivity contribution in [3.05, 3.63) is 46.4 Å². The maximum atomic E-state index is 5.62. The summed E-state index contributed by atoms with van der Waals surface area (Å²) in [6.07, 6.45) is 3.94. The summed E-state index contributed by atoms with van der Waals surface area (Å²) >= 11 is 1.71. The molecule has 0 aliphatic carbocycles. The summed E-state index contributed by atoms with van der Waals surface area (Å²) in [7, 11) is 0. The number of nitrogens with one attached hydrogen (secondary N) is 1. The third kappa shape index (κ3) is 4.55. The summed E-state index contributed by atoms with van der Waals surface area (Å²) in [6.45, 7) is 7.27. The van der Waals surface area contributed by atoms with Gasteiger partial charge in [-0.25, -0.2) is 4.98 Å². The van der Waals surface area contributed by atoms with E-state index in [0.717, 1.165) is 30.2 Å². The molecule has 0 radical (unpaired) electrons. The van der Waals surface area contributed by atoms with Crippen LogP contribution in [0.1, 0.15) is 56.3 Å². The molecule has 1 N–H and O–H groups in total. The van der Waals surface area contributed by atoms with Crippen LogP contribution in [0.4, 0.5) is 0 Å². The first-order valence-electron chi connectivity index (χ1n) is 7.62. The van der Waals surface area contributed by atoms with Crippen LogP contribution >= 0.6 is 11.3 Å². The van der Waals surface area contributed by atoms with Crippen molar-refractivity contribution < 1.29 is 4.74 Å². The van der Waals surface area contributed by atoms with E-state index in [4.69, 9.17) is 4.74 Å². The van der Waals surface area contributed by atoms with Crippen LogP contribution in [0.5, 0.6) is 5.75 Å². The van der Waals surface area contributed by atoms with Gasteiger partial charge in [0.2, 0.25) is 0 Å².